The molecule has 2 rings (SSSR count). The molecular formula is C15H16N2. The van der Waals surface area contributed by atoms with E-state index in [0.717, 1.165) is 5.69 Å². The summed E-state index contributed by atoms with van der Waals surface area (Å²) in [6.07, 6.45) is 0. The lowest BCUT2D eigenvalue weighted by atomic mass is 10.2. The Labute approximate surface area is 102 Å². The second kappa shape index (κ2) is 5.39. The van der Waals surface area contributed by atoms with Crippen LogP contribution in [-0.4, -0.2) is 0 Å². The summed E-state index contributed by atoms with van der Waals surface area (Å²) in [7, 11) is 0. The molecule has 0 aliphatic rings. The van der Waals surface area contributed by atoms with E-state index in [1.807, 2.05) is 24.3 Å². The van der Waals surface area contributed by atoms with Crippen molar-refractivity contribution in [1.82, 2.24) is 0 Å². The molecule has 0 saturated heterocycles. The fourth-order valence-electron chi connectivity index (χ4n) is 1.50. The third-order valence-electron chi connectivity index (χ3n) is 2.59. The van der Waals surface area contributed by atoms with Gasteiger partial charge in [0.05, 0.1) is 12.2 Å². The predicted octanol–water partition coefficient (Wildman–Crippen LogP) is 4.59. The monoisotopic (exact) mass is 224 g/mol. The SMILES string of the molecule is Cc1ccc(CN=Nc2ccc(C)cc2)cc1. The summed E-state index contributed by atoms with van der Waals surface area (Å²) in [6.45, 7) is 4.78. The standard InChI is InChI=1S/C15H16N2/c1-12-3-7-14(8-4-12)11-16-17-15-9-5-13(2)6-10-15/h3-10H,11H2,1-2H3. The Hall–Kier alpha value is -1.96. The van der Waals surface area contributed by atoms with Crippen LogP contribution in [0.3, 0.4) is 0 Å². The van der Waals surface area contributed by atoms with Crippen molar-refractivity contribution < 1.29 is 0 Å². The molecule has 0 N–H and O–H groups in total. The van der Waals surface area contributed by atoms with Crippen molar-refractivity contribution in [3.05, 3.63) is 65.2 Å². The zero-order chi connectivity index (χ0) is 12.1. The minimum atomic E-state index is 0.633. The summed E-state index contributed by atoms with van der Waals surface area (Å²) in [5, 5.41) is 8.39. The molecule has 0 aliphatic heterocycles. The van der Waals surface area contributed by atoms with Gasteiger partial charge < -0.3 is 0 Å². The first-order valence-electron chi connectivity index (χ1n) is 5.74. The molecule has 0 aromatic heterocycles. The van der Waals surface area contributed by atoms with Crippen molar-refractivity contribution in [3.63, 3.8) is 0 Å². The molecule has 0 spiro atoms. The Balaban J connectivity index is 1.97. The molecule has 2 nitrogen and oxygen atoms in total. The van der Waals surface area contributed by atoms with Gasteiger partial charge in [-0.05, 0) is 31.5 Å². The van der Waals surface area contributed by atoms with Crippen LogP contribution in [0.25, 0.3) is 0 Å². The second-order valence-corrected chi connectivity index (χ2v) is 4.22. The Bertz CT molecular complexity index is 495. The van der Waals surface area contributed by atoms with E-state index in [1.165, 1.54) is 16.7 Å². The summed E-state index contributed by atoms with van der Waals surface area (Å²) in [4.78, 5) is 0. The Kier molecular flexibility index (Phi) is 3.66. The number of aryl methyl sites for hydroxylation is 2. The molecule has 0 atom stereocenters. The number of rotatable bonds is 3. The highest BCUT2D eigenvalue weighted by Crippen LogP contribution is 2.13. The van der Waals surface area contributed by atoms with Crippen molar-refractivity contribution in [3.8, 4) is 0 Å². The van der Waals surface area contributed by atoms with Crippen LogP contribution in [0.1, 0.15) is 16.7 Å². The van der Waals surface area contributed by atoms with Crippen molar-refractivity contribution >= 4 is 5.69 Å². The minimum absolute atomic E-state index is 0.633. The number of hydrogen-bond acceptors (Lipinski definition) is 2. The third-order valence-corrected chi connectivity index (χ3v) is 2.59. The van der Waals surface area contributed by atoms with Gasteiger partial charge in [0.25, 0.3) is 0 Å². The molecule has 2 aromatic rings. The van der Waals surface area contributed by atoms with Gasteiger partial charge in [-0.15, -0.1) is 0 Å². The summed E-state index contributed by atoms with van der Waals surface area (Å²) < 4.78 is 0. The highest BCUT2D eigenvalue weighted by molar-refractivity contribution is 5.37. The van der Waals surface area contributed by atoms with Gasteiger partial charge in [0.15, 0.2) is 0 Å². The van der Waals surface area contributed by atoms with E-state index >= 15 is 0 Å². The molecule has 0 aliphatic carbocycles. The van der Waals surface area contributed by atoms with Gasteiger partial charge in [0.1, 0.15) is 0 Å². The average molecular weight is 224 g/mol. The number of azo groups is 1. The smallest absolute Gasteiger partial charge is 0.0853 e. The topological polar surface area (TPSA) is 24.7 Å². The number of nitrogens with zero attached hydrogens (tertiary/aromatic N) is 2. The van der Waals surface area contributed by atoms with E-state index in [4.69, 9.17) is 0 Å². The fourth-order valence-corrected chi connectivity index (χ4v) is 1.50. The van der Waals surface area contributed by atoms with E-state index in [0.29, 0.717) is 6.54 Å². The maximum Gasteiger partial charge on any atom is 0.0853 e. The maximum atomic E-state index is 4.20. The van der Waals surface area contributed by atoms with E-state index in [-0.39, 0.29) is 0 Å². The zero-order valence-electron chi connectivity index (χ0n) is 10.2. The minimum Gasteiger partial charge on any atom is -0.184 e. The Morgan fingerprint density at radius 1 is 0.765 bits per heavy atom. The van der Waals surface area contributed by atoms with E-state index < -0.39 is 0 Å². The van der Waals surface area contributed by atoms with E-state index in [2.05, 4.69) is 48.3 Å². The van der Waals surface area contributed by atoms with Crippen molar-refractivity contribution in [2.45, 2.75) is 20.4 Å². The fraction of sp³-hybridized carbons (Fsp3) is 0.200. The van der Waals surface area contributed by atoms with Crippen LogP contribution >= 0.6 is 0 Å². The first kappa shape index (κ1) is 11.5. The van der Waals surface area contributed by atoms with Gasteiger partial charge in [-0.25, -0.2) is 0 Å². The first-order valence-corrected chi connectivity index (χ1v) is 5.74. The average Bonchev–Trinajstić information content (AvgIpc) is 2.34. The molecule has 2 aromatic carbocycles. The van der Waals surface area contributed by atoms with Crippen LogP contribution < -0.4 is 0 Å². The highest BCUT2D eigenvalue weighted by Gasteiger charge is 1.91. The van der Waals surface area contributed by atoms with Crippen LogP contribution in [0.5, 0.6) is 0 Å². The molecule has 17 heavy (non-hydrogen) atoms. The van der Waals surface area contributed by atoms with Gasteiger partial charge in [0, 0.05) is 0 Å². The molecule has 0 unspecified atom stereocenters. The lowest BCUT2D eigenvalue weighted by molar-refractivity contribution is 0.958. The Morgan fingerprint density at radius 3 is 1.88 bits per heavy atom. The van der Waals surface area contributed by atoms with Gasteiger partial charge in [0.2, 0.25) is 0 Å². The Morgan fingerprint density at radius 2 is 1.29 bits per heavy atom. The summed E-state index contributed by atoms with van der Waals surface area (Å²) in [6, 6.07) is 16.4. The summed E-state index contributed by atoms with van der Waals surface area (Å²) in [5.41, 5.74) is 4.60. The van der Waals surface area contributed by atoms with Crippen molar-refractivity contribution in [2.75, 3.05) is 0 Å². The normalized spacial score (nSPS) is 10.9. The van der Waals surface area contributed by atoms with Crippen LogP contribution in [0.4, 0.5) is 5.69 Å². The van der Waals surface area contributed by atoms with E-state index in [1.54, 1.807) is 0 Å². The second-order valence-electron chi connectivity index (χ2n) is 4.22. The van der Waals surface area contributed by atoms with Gasteiger partial charge in [-0.2, -0.15) is 10.2 Å². The zero-order valence-corrected chi connectivity index (χ0v) is 10.2. The molecule has 0 bridgehead atoms. The maximum absolute atomic E-state index is 4.20. The highest BCUT2D eigenvalue weighted by atomic mass is 15.1. The predicted molar refractivity (Wildman–Crippen MR) is 70.6 cm³/mol. The van der Waals surface area contributed by atoms with Crippen LogP contribution in [0.15, 0.2) is 58.8 Å². The van der Waals surface area contributed by atoms with Crippen LogP contribution in [-0.2, 0) is 6.54 Å². The van der Waals surface area contributed by atoms with Crippen molar-refractivity contribution in [1.29, 1.82) is 0 Å². The van der Waals surface area contributed by atoms with Crippen molar-refractivity contribution in [2.24, 2.45) is 10.2 Å². The number of benzene rings is 2. The van der Waals surface area contributed by atoms with Crippen LogP contribution in [0, 0.1) is 13.8 Å². The molecular weight excluding hydrogens is 208 g/mol. The summed E-state index contributed by atoms with van der Waals surface area (Å²) >= 11 is 0. The lowest BCUT2D eigenvalue weighted by Gasteiger charge is -1.97. The lowest BCUT2D eigenvalue weighted by Crippen LogP contribution is -1.80. The molecule has 0 fully saturated rings. The summed E-state index contributed by atoms with van der Waals surface area (Å²) in [5.74, 6) is 0. The molecule has 0 amide bonds. The molecule has 0 saturated carbocycles. The van der Waals surface area contributed by atoms with E-state index in [9.17, 15) is 0 Å². The molecule has 86 valence electrons. The molecule has 2 heteroatoms. The first-order chi connectivity index (χ1) is 8.24. The van der Waals surface area contributed by atoms with Gasteiger partial charge in [-0.1, -0.05) is 47.5 Å². The van der Waals surface area contributed by atoms with Gasteiger partial charge in [-0.3, -0.25) is 0 Å². The third kappa shape index (κ3) is 3.52. The quantitative estimate of drug-likeness (QED) is 0.681. The largest absolute Gasteiger partial charge is 0.184 e. The molecule has 0 radical (unpaired) electrons. The van der Waals surface area contributed by atoms with Crippen LogP contribution in [0.2, 0.25) is 0 Å². The number of hydrogen-bond donors (Lipinski definition) is 0. The molecule has 0 heterocycles. The van der Waals surface area contributed by atoms with Gasteiger partial charge >= 0.3 is 0 Å².